The van der Waals surface area contributed by atoms with Gasteiger partial charge in [0.05, 0.1) is 11.0 Å². The minimum Gasteiger partial charge on any atom is -0.354 e. The van der Waals surface area contributed by atoms with E-state index in [1.807, 2.05) is 6.92 Å². The summed E-state index contributed by atoms with van der Waals surface area (Å²) in [4.78, 5) is 10.1. The predicted octanol–water partition coefficient (Wildman–Crippen LogP) is 2.62. The molecule has 2 aromatic rings. The number of non-ortho nitro benzene ring substituents is 1. The second-order valence-corrected chi connectivity index (χ2v) is 4.29. The molecule has 0 saturated heterocycles. The molecule has 1 N–H and O–H groups in total. The molecule has 0 fully saturated rings. The maximum absolute atomic E-state index is 10.5. The van der Waals surface area contributed by atoms with E-state index in [0.717, 1.165) is 10.7 Å². The van der Waals surface area contributed by atoms with E-state index in [1.54, 1.807) is 17.6 Å². The average molecular weight is 250 g/mol. The quantitative estimate of drug-likeness (QED) is 0.666. The van der Waals surface area contributed by atoms with Gasteiger partial charge in [0.15, 0.2) is 0 Å². The number of hydrogen-bond donors (Lipinski definition) is 1. The molecule has 1 atom stereocenters. The van der Waals surface area contributed by atoms with E-state index in [4.69, 9.17) is 0 Å². The van der Waals surface area contributed by atoms with Crippen LogP contribution in [0, 0.1) is 10.1 Å². The van der Waals surface area contributed by atoms with E-state index >= 15 is 0 Å². The van der Waals surface area contributed by atoms with Gasteiger partial charge in [-0.2, -0.15) is 0 Å². The van der Waals surface area contributed by atoms with Crippen LogP contribution < -0.4 is 5.32 Å². The van der Waals surface area contributed by atoms with E-state index in [-0.39, 0.29) is 11.7 Å². The molecule has 6 nitrogen and oxygen atoms in total. The fraction of sp³-hybridized carbons (Fsp3) is 0.200. The van der Waals surface area contributed by atoms with Gasteiger partial charge in [0.25, 0.3) is 5.69 Å². The summed E-state index contributed by atoms with van der Waals surface area (Å²) >= 11 is 1.41. The van der Waals surface area contributed by atoms with Crippen LogP contribution in [-0.2, 0) is 0 Å². The smallest absolute Gasteiger partial charge is 0.269 e. The maximum Gasteiger partial charge on any atom is 0.269 e. The summed E-state index contributed by atoms with van der Waals surface area (Å²) in [7, 11) is 0. The zero-order valence-electron chi connectivity index (χ0n) is 9.03. The highest BCUT2D eigenvalue weighted by Crippen LogP contribution is 2.21. The summed E-state index contributed by atoms with van der Waals surface area (Å²) in [6.45, 7) is 1.96. The molecule has 17 heavy (non-hydrogen) atoms. The van der Waals surface area contributed by atoms with Crippen molar-refractivity contribution in [2.45, 2.75) is 13.0 Å². The van der Waals surface area contributed by atoms with Crippen molar-refractivity contribution in [1.29, 1.82) is 0 Å². The number of aromatic nitrogens is 2. The maximum atomic E-state index is 10.5. The normalized spacial score (nSPS) is 12.1. The Hall–Kier alpha value is -2.02. The highest BCUT2D eigenvalue weighted by Gasteiger charge is 2.09. The van der Waals surface area contributed by atoms with Crippen molar-refractivity contribution in [3.63, 3.8) is 0 Å². The third kappa shape index (κ3) is 2.76. The fourth-order valence-corrected chi connectivity index (χ4v) is 1.92. The Bertz CT molecular complexity index is 498. The van der Waals surface area contributed by atoms with Gasteiger partial charge in [0.1, 0.15) is 5.51 Å². The van der Waals surface area contributed by atoms with Crippen LogP contribution in [0.3, 0.4) is 0 Å². The second-order valence-electron chi connectivity index (χ2n) is 3.46. The van der Waals surface area contributed by atoms with Gasteiger partial charge in [-0.1, -0.05) is 23.5 Å². The van der Waals surface area contributed by atoms with Crippen molar-refractivity contribution in [2.24, 2.45) is 0 Å². The summed E-state index contributed by atoms with van der Waals surface area (Å²) in [5.74, 6) is 0. The van der Waals surface area contributed by atoms with E-state index in [2.05, 4.69) is 15.5 Å². The van der Waals surface area contributed by atoms with Crippen molar-refractivity contribution in [1.82, 2.24) is 10.2 Å². The van der Waals surface area contributed by atoms with Crippen molar-refractivity contribution in [3.8, 4) is 0 Å². The molecule has 1 heterocycles. The highest BCUT2D eigenvalue weighted by molar-refractivity contribution is 7.13. The zero-order valence-corrected chi connectivity index (χ0v) is 9.85. The standard InChI is InChI=1S/C10H10N4O2S/c1-7(12-10-13-11-6-17-10)8-2-4-9(5-3-8)14(15)16/h2-7H,1H3,(H,12,13). The Morgan fingerprint density at radius 2 is 2.12 bits per heavy atom. The number of nitrogens with zero attached hydrogens (tertiary/aromatic N) is 3. The van der Waals surface area contributed by atoms with Gasteiger partial charge in [-0.05, 0) is 12.5 Å². The predicted molar refractivity (Wildman–Crippen MR) is 65.0 cm³/mol. The Labute approximate surface area is 101 Å². The lowest BCUT2D eigenvalue weighted by atomic mass is 10.1. The van der Waals surface area contributed by atoms with E-state index in [1.165, 1.54) is 23.5 Å². The largest absolute Gasteiger partial charge is 0.354 e. The monoisotopic (exact) mass is 250 g/mol. The highest BCUT2D eigenvalue weighted by atomic mass is 32.1. The third-order valence-corrected chi connectivity index (χ3v) is 2.93. The summed E-state index contributed by atoms with van der Waals surface area (Å²) in [5, 5.41) is 22.0. The molecule has 88 valence electrons. The third-order valence-electron chi connectivity index (χ3n) is 2.30. The second kappa shape index (κ2) is 4.88. The van der Waals surface area contributed by atoms with Crippen LogP contribution >= 0.6 is 11.3 Å². The van der Waals surface area contributed by atoms with Crippen LogP contribution in [0.25, 0.3) is 0 Å². The topological polar surface area (TPSA) is 81.0 Å². The van der Waals surface area contributed by atoms with Crippen LogP contribution in [0.5, 0.6) is 0 Å². The molecular weight excluding hydrogens is 240 g/mol. The van der Waals surface area contributed by atoms with Crippen LogP contribution in [0.4, 0.5) is 10.8 Å². The van der Waals surface area contributed by atoms with Gasteiger partial charge in [-0.3, -0.25) is 10.1 Å². The average Bonchev–Trinajstić information content (AvgIpc) is 2.82. The number of anilines is 1. The molecule has 0 spiro atoms. The van der Waals surface area contributed by atoms with Crippen LogP contribution in [0.15, 0.2) is 29.8 Å². The lowest BCUT2D eigenvalue weighted by molar-refractivity contribution is -0.384. The molecule has 1 unspecified atom stereocenters. The summed E-state index contributed by atoms with van der Waals surface area (Å²) in [5.41, 5.74) is 2.70. The van der Waals surface area contributed by atoms with Crippen molar-refractivity contribution in [3.05, 3.63) is 45.5 Å². The Kier molecular flexibility index (Phi) is 3.29. The molecule has 7 heteroatoms. The fourth-order valence-electron chi connectivity index (χ4n) is 1.39. The molecule has 0 radical (unpaired) electrons. The number of benzene rings is 1. The molecule has 1 aromatic heterocycles. The first-order valence-corrected chi connectivity index (χ1v) is 5.82. The van der Waals surface area contributed by atoms with Crippen molar-refractivity contribution in [2.75, 3.05) is 5.32 Å². The van der Waals surface area contributed by atoms with E-state index in [0.29, 0.717) is 0 Å². The molecule has 1 aromatic carbocycles. The summed E-state index contributed by atoms with van der Waals surface area (Å²) in [6.07, 6.45) is 0. The van der Waals surface area contributed by atoms with Crippen molar-refractivity contribution >= 4 is 22.2 Å². The molecule has 0 bridgehead atoms. The Morgan fingerprint density at radius 1 is 1.41 bits per heavy atom. The first kappa shape index (κ1) is 11.5. The summed E-state index contributed by atoms with van der Waals surface area (Å²) < 4.78 is 0. The van der Waals surface area contributed by atoms with Gasteiger partial charge in [-0.15, -0.1) is 10.2 Å². The van der Waals surface area contributed by atoms with Gasteiger partial charge in [0.2, 0.25) is 5.13 Å². The lowest BCUT2D eigenvalue weighted by Crippen LogP contribution is -2.06. The molecule has 0 aliphatic rings. The number of rotatable bonds is 4. The van der Waals surface area contributed by atoms with Gasteiger partial charge >= 0.3 is 0 Å². The number of nitrogens with one attached hydrogen (secondary N) is 1. The molecular formula is C10H10N4O2S. The van der Waals surface area contributed by atoms with Gasteiger partial charge in [0, 0.05) is 12.1 Å². The SMILES string of the molecule is CC(Nc1nncs1)c1ccc([N+](=O)[O-])cc1. The summed E-state index contributed by atoms with van der Waals surface area (Å²) in [6, 6.07) is 6.48. The number of hydrogen-bond acceptors (Lipinski definition) is 6. The van der Waals surface area contributed by atoms with Crippen molar-refractivity contribution < 1.29 is 4.92 Å². The zero-order chi connectivity index (χ0) is 12.3. The lowest BCUT2D eigenvalue weighted by Gasteiger charge is -2.12. The molecule has 2 rings (SSSR count). The minimum atomic E-state index is -0.410. The minimum absolute atomic E-state index is 0.0313. The van der Waals surface area contributed by atoms with Crippen LogP contribution in [-0.4, -0.2) is 15.1 Å². The first-order chi connectivity index (χ1) is 8.16. The number of nitro benzene ring substituents is 1. The van der Waals surface area contributed by atoms with Gasteiger partial charge in [-0.25, -0.2) is 0 Å². The van der Waals surface area contributed by atoms with Crippen LogP contribution in [0.2, 0.25) is 0 Å². The Balaban J connectivity index is 2.09. The molecule has 0 aliphatic carbocycles. The number of nitro groups is 1. The van der Waals surface area contributed by atoms with Gasteiger partial charge < -0.3 is 5.32 Å². The van der Waals surface area contributed by atoms with E-state index in [9.17, 15) is 10.1 Å². The first-order valence-electron chi connectivity index (χ1n) is 4.94. The van der Waals surface area contributed by atoms with Crippen LogP contribution in [0.1, 0.15) is 18.5 Å². The molecule has 0 saturated carbocycles. The molecule has 0 aliphatic heterocycles. The molecule has 0 amide bonds. The Morgan fingerprint density at radius 3 is 2.65 bits per heavy atom. The van der Waals surface area contributed by atoms with E-state index < -0.39 is 4.92 Å².